The van der Waals surface area contributed by atoms with Gasteiger partial charge in [0.1, 0.15) is 0 Å². The Morgan fingerprint density at radius 2 is 2.21 bits per heavy atom. The zero-order chi connectivity index (χ0) is 14.0. The highest BCUT2D eigenvalue weighted by Crippen LogP contribution is 2.29. The number of piperidine rings is 1. The van der Waals surface area contributed by atoms with Gasteiger partial charge in [-0.25, -0.2) is 8.42 Å². The Kier molecular flexibility index (Phi) is 4.44. The van der Waals surface area contributed by atoms with Gasteiger partial charge in [0, 0.05) is 18.3 Å². The minimum atomic E-state index is -3.58. The summed E-state index contributed by atoms with van der Waals surface area (Å²) in [4.78, 5) is 13.5. The molecule has 2 rings (SSSR count). The number of nitrogens with two attached hydrogens (primary N) is 1. The number of hydrogen-bond donors (Lipinski definition) is 2. The second kappa shape index (κ2) is 5.74. The maximum absolute atomic E-state index is 12.6. The van der Waals surface area contributed by atoms with E-state index >= 15 is 0 Å². The van der Waals surface area contributed by atoms with E-state index < -0.39 is 10.0 Å². The highest BCUT2D eigenvalue weighted by molar-refractivity contribution is 7.91. The van der Waals surface area contributed by atoms with Crippen LogP contribution in [0.2, 0.25) is 0 Å². The van der Waals surface area contributed by atoms with Crippen LogP contribution in [0.3, 0.4) is 0 Å². The average molecular weight is 305 g/mol. The van der Waals surface area contributed by atoms with Gasteiger partial charge in [0.25, 0.3) is 10.0 Å². The largest absolute Gasteiger partial charge is 0.330 e. The third-order valence-corrected chi connectivity index (χ3v) is 6.93. The van der Waals surface area contributed by atoms with Gasteiger partial charge in [-0.05, 0) is 32.7 Å². The Balaban J connectivity index is 2.37. The molecule has 1 aromatic heterocycles. The van der Waals surface area contributed by atoms with Crippen LogP contribution in [0.4, 0.5) is 0 Å². The first-order valence-corrected chi connectivity index (χ1v) is 8.64. The van der Waals surface area contributed by atoms with Crippen LogP contribution in [-0.4, -0.2) is 36.8 Å². The quantitative estimate of drug-likeness (QED) is 0.853. The van der Waals surface area contributed by atoms with Gasteiger partial charge in [-0.3, -0.25) is 4.79 Å². The molecule has 0 aromatic carbocycles. The molecular formula is C11H19N3O3S2. The standard InChI is InChI=1S/C11H19N3O3S2/c1-8-10(18-11(15)13-8)19(16,17)14-7-3-2-4-9(14)5-6-12/h9H,2-7,12H2,1H3,(H,13,15). The Morgan fingerprint density at radius 3 is 2.79 bits per heavy atom. The highest BCUT2D eigenvalue weighted by atomic mass is 32.2. The number of hydrogen-bond acceptors (Lipinski definition) is 5. The lowest BCUT2D eigenvalue weighted by molar-refractivity contribution is 0.243. The molecule has 19 heavy (non-hydrogen) atoms. The molecular weight excluding hydrogens is 286 g/mol. The lowest BCUT2D eigenvalue weighted by Crippen LogP contribution is -2.44. The summed E-state index contributed by atoms with van der Waals surface area (Å²) < 4.78 is 27.0. The van der Waals surface area contributed by atoms with Crippen molar-refractivity contribution in [1.82, 2.24) is 9.29 Å². The summed E-state index contributed by atoms with van der Waals surface area (Å²) in [5, 5.41) is 0. The number of rotatable bonds is 4. The molecule has 108 valence electrons. The van der Waals surface area contributed by atoms with Crippen LogP contribution in [0.1, 0.15) is 31.4 Å². The van der Waals surface area contributed by atoms with Gasteiger partial charge in [-0.15, -0.1) is 0 Å². The molecule has 1 unspecified atom stereocenters. The molecule has 0 aliphatic carbocycles. The predicted molar refractivity (Wildman–Crippen MR) is 74.9 cm³/mol. The maximum Gasteiger partial charge on any atom is 0.305 e. The molecule has 2 heterocycles. The van der Waals surface area contributed by atoms with Crippen LogP contribution in [0, 0.1) is 6.92 Å². The number of thiazole rings is 1. The Morgan fingerprint density at radius 1 is 1.47 bits per heavy atom. The number of H-pyrrole nitrogens is 1. The summed E-state index contributed by atoms with van der Waals surface area (Å²) in [6, 6.07) is -0.0413. The lowest BCUT2D eigenvalue weighted by Gasteiger charge is -2.34. The summed E-state index contributed by atoms with van der Waals surface area (Å²) in [6.07, 6.45) is 3.39. The van der Waals surface area contributed by atoms with Gasteiger partial charge in [0.05, 0.1) is 0 Å². The van der Waals surface area contributed by atoms with E-state index in [0.29, 0.717) is 25.2 Å². The van der Waals surface area contributed by atoms with Crippen LogP contribution in [-0.2, 0) is 10.0 Å². The van der Waals surface area contributed by atoms with Gasteiger partial charge in [0.2, 0.25) is 0 Å². The third kappa shape index (κ3) is 2.91. The van der Waals surface area contributed by atoms with Crippen LogP contribution in [0.25, 0.3) is 0 Å². The van der Waals surface area contributed by atoms with Crippen LogP contribution in [0.15, 0.2) is 9.00 Å². The molecule has 6 nitrogen and oxygen atoms in total. The predicted octanol–water partition coefficient (Wildman–Crippen LogP) is 0.637. The summed E-state index contributed by atoms with van der Waals surface area (Å²) >= 11 is 0.763. The summed E-state index contributed by atoms with van der Waals surface area (Å²) in [6.45, 7) is 2.60. The van der Waals surface area contributed by atoms with Crippen molar-refractivity contribution in [3.05, 3.63) is 15.4 Å². The third-order valence-electron chi connectivity index (χ3n) is 3.40. The fraction of sp³-hybridized carbons (Fsp3) is 0.727. The summed E-state index contributed by atoms with van der Waals surface area (Å²) in [5.41, 5.74) is 5.99. The number of nitrogens with one attached hydrogen (secondary N) is 1. The van der Waals surface area contributed by atoms with Gasteiger partial charge in [-0.2, -0.15) is 4.31 Å². The fourth-order valence-corrected chi connectivity index (χ4v) is 5.65. The van der Waals surface area contributed by atoms with Crippen molar-refractivity contribution in [1.29, 1.82) is 0 Å². The molecule has 8 heteroatoms. The first-order chi connectivity index (χ1) is 8.96. The summed E-state index contributed by atoms with van der Waals surface area (Å²) in [7, 11) is -3.58. The van der Waals surface area contributed by atoms with Crippen LogP contribution in [0.5, 0.6) is 0 Å². The molecule has 1 saturated heterocycles. The van der Waals surface area contributed by atoms with E-state index in [-0.39, 0.29) is 15.1 Å². The van der Waals surface area contributed by atoms with Crippen molar-refractivity contribution in [3.8, 4) is 0 Å². The van der Waals surface area contributed by atoms with Crippen molar-refractivity contribution < 1.29 is 8.42 Å². The molecule has 0 amide bonds. The van der Waals surface area contributed by atoms with E-state index in [1.54, 1.807) is 6.92 Å². The molecule has 1 fully saturated rings. The van der Waals surface area contributed by atoms with Crippen molar-refractivity contribution in [2.24, 2.45) is 5.73 Å². The van der Waals surface area contributed by atoms with E-state index in [1.165, 1.54) is 4.31 Å². The fourth-order valence-electron chi connectivity index (χ4n) is 2.51. The van der Waals surface area contributed by atoms with Crippen LogP contribution < -0.4 is 10.6 Å². The molecule has 1 aromatic rings. The molecule has 1 aliphatic heterocycles. The number of aromatic nitrogens is 1. The monoisotopic (exact) mass is 305 g/mol. The first kappa shape index (κ1) is 14.7. The van der Waals surface area contributed by atoms with Crippen molar-refractivity contribution >= 4 is 21.4 Å². The first-order valence-electron chi connectivity index (χ1n) is 6.38. The second-order valence-corrected chi connectivity index (χ2v) is 7.84. The van der Waals surface area contributed by atoms with E-state index in [0.717, 1.165) is 30.6 Å². The topological polar surface area (TPSA) is 96.3 Å². The van der Waals surface area contributed by atoms with Crippen molar-refractivity contribution in [2.75, 3.05) is 13.1 Å². The normalized spacial score (nSPS) is 21.7. The van der Waals surface area contributed by atoms with Gasteiger partial charge in [0.15, 0.2) is 4.21 Å². The zero-order valence-electron chi connectivity index (χ0n) is 10.9. The minimum Gasteiger partial charge on any atom is -0.330 e. The van der Waals surface area contributed by atoms with Gasteiger partial charge >= 0.3 is 4.87 Å². The van der Waals surface area contributed by atoms with Crippen molar-refractivity contribution in [3.63, 3.8) is 0 Å². The van der Waals surface area contributed by atoms with E-state index in [1.807, 2.05) is 0 Å². The Hall–Kier alpha value is -0.700. The number of aromatic amines is 1. The van der Waals surface area contributed by atoms with E-state index in [2.05, 4.69) is 4.98 Å². The van der Waals surface area contributed by atoms with E-state index in [4.69, 9.17) is 5.73 Å². The summed E-state index contributed by atoms with van der Waals surface area (Å²) in [5.74, 6) is 0. The highest BCUT2D eigenvalue weighted by Gasteiger charge is 2.35. The number of aryl methyl sites for hydroxylation is 1. The second-order valence-electron chi connectivity index (χ2n) is 4.77. The Labute approximate surface area is 116 Å². The smallest absolute Gasteiger partial charge is 0.305 e. The zero-order valence-corrected chi connectivity index (χ0v) is 12.5. The molecule has 0 radical (unpaired) electrons. The molecule has 1 atom stereocenters. The molecule has 1 aliphatic rings. The SMILES string of the molecule is Cc1[nH]c(=O)sc1S(=O)(=O)N1CCCCC1CCN. The lowest BCUT2D eigenvalue weighted by atomic mass is 10.0. The van der Waals surface area contributed by atoms with Crippen LogP contribution >= 0.6 is 11.3 Å². The molecule has 3 N–H and O–H groups in total. The maximum atomic E-state index is 12.6. The van der Waals surface area contributed by atoms with Crippen molar-refractivity contribution in [2.45, 2.75) is 42.9 Å². The number of sulfonamides is 1. The number of nitrogens with zero attached hydrogens (tertiary/aromatic N) is 1. The van der Waals surface area contributed by atoms with Gasteiger partial charge in [-0.1, -0.05) is 17.8 Å². The molecule has 0 spiro atoms. The molecule has 0 bridgehead atoms. The average Bonchev–Trinajstić information content (AvgIpc) is 2.70. The molecule has 0 saturated carbocycles. The van der Waals surface area contributed by atoms with Gasteiger partial charge < -0.3 is 10.7 Å². The minimum absolute atomic E-state index is 0.0413. The van der Waals surface area contributed by atoms with E-state index in [9.17, 15) is 13.2 Å². The Bertz CT molecular complexity index is 589.